The van der Waals surface area contributed by atoms with Gasteiger partial charge in [-0.15, -0.1) is 11.3 Å². The molecule has 0 spiro atoms. The number of amides is 1. The molecule has 0 atom stereocenters. The summed E-state index contributed by atoms with van der Waals surface area (Å²) < 4.78 is 0. The highest BCUT2D eigenvalue weighted by Crippen LogP contribution is 2.27. The molecule has 1 aromatic heterocycles. The van der Waals surface area contributed by atoms with Gasteiger partial charge in [0.2, 0.25) is 5.91 Å². The fraction of sp³-hybridized carbons (Fsp3) is 0.583. The van der Waals surface area contributed by atoms with Gasteiger partial charge in [-0.25, -0.2) is 4.98 Å². The quantitative estimate of drug-likeness (QED) is 0.825. The Balaban J connectivity index is 2.66. The Morgan fingerprint density at radius 3 is 2.68 bits per heavy atom. The minimum atomic E-state index is -1.03. The Labute approximate surface area is 116 Å². The molecule has 0 aliphatic heterocycles. The summed E-state index contributed by atoms with van der Waals surface area (Å²) in [6.45, 7) is 5.91. The molecule has 1 amide bonds. The summed E-state index contributed by atoms with van der Waals surface area (Å²) in [5.74, 6) is -0.956. The van der Waals surface area contributed by atoms with E-state index in [2.05, 4.69) is 10.3 Å². The largest absolute Gasteiger partial charge is 0.481 e. The zero-order valence-corrected chi connectivity index (χ0v) is 12.4. The molecule has 0 saturated heterocycles. The van der Waals surface area contributed by atoms with E-state index < -0.39 is 11.4 Å². The van der Waals surface area contributed by atoms with Crippen LogP contribution < -0.4 is 5.32 Å². The third kappa shape index (κ3) is 3.66. The topological polar surface area (TPSA) is 82.5 Å². The molecular formula is C12H19N3O3S. The number of aromatic nitrogens is 1. The SMILES string of the molecule is CCN(C)C(=O)CNc1nc(C(C)(C)C(=O)O)cs1. The number of hydrogen-bond donors (Lipinski definition) is 2. The molecule has 0 aromatic carbocycles. The zero-order valence-electron chi connectivity index (χ0n) is 11.6. The third-order valence-corrected chi connectivity index (χ3v) is 3.77. The van der Waals surface area contributed by atoms with Crippen molar-refractivity contribution in [2.75, 3.05) is 25.5 Å². The van der Waals surface area contributed by atoms with Crippen LogP contribution in [0.3, 0.4) is 0 Å². The van der Waals surface area contributed by atoms with Crippen LogP contribution in [0.15, 0.2) is 5.38 Å². The van der Waals surface area contributed by atoms with Gasteiger partial charge in [-0.3, -0.25) is 9.59 Å². The first-order valence-corrected chi connectivity index (χ1v) is 6.84. The van der Waals surface area contributed by atoms with E-state index in [1.54, 1.807) is 31.2 Å². The second kappa shape index (κ2) is 6.01. The van der Waals surface area contributed by atoms with Crippen LogP contribution in [-0.4, -0.2) is 47.0 Å². The first-order chi connectivity index (χ1) is 8.78. The number of carbonyl (C=O) groups excluding carboxylic acids is 1. The van der Waals surface area contributed by atoms with Gasteiger partial charge >= 0.3 is 5.97 Å². The number of carboxylic acid groups (broad SMARTS) is 1. The van der Waals surface area contributed by atoms with Crippen LogP contribution in [0.25, 0.3) is 0 Å². The first-order valence-electron chi connectivity index (χ1n) is 5.96. The lowest BCUT2D eigenvalue weighted by Gasteiger charge is -2.16. The number of carboxylic acids is 1. The molecule has 2 N–H and O–H groups in total. The molecule has 0 saturated carbocycles. The predicted molar refractivity (Wildman–Crippen MR) is 74.6 cm³/mol. The molecule has 0 fully saturated rings. The van der Waals surface area contributed by atoms with Gasteiger partial charge in [0.25, 0.3) is 0 Å². The lowest BCUT2D eigenvalue weighted by Crippen LogP contribution is -2.32. The average molecular weight is 285 g/mol. The van der Waals surface area contributed by atoms with Crippen molar-refractivity contribution in [2.24, 2.45) is 0 Å². The minimum Gasteiger partial charge on any atom is -0.481 e. The number of carbonyl (C=O) groups is 2. The van der Waals surface area contributed by atoms with Crippen LogP contribution in [0.5, 0.6) is 0 Å². The monoisotopic (exact) mass is 285 g/mol. The Bertz CT molecular complexity index is 471. The standard InChI is InChI=1S/C12H19N3O3S/c1-5-15(4)9(16)6-13-11-14-8(7-19-11)12(2,3)10(17)18/h7H,5-6H2,1-4H3,(H,13,14)(H,17,18). The molecule has 0 radical (unpaired) electrons. The van der Waals surface area contributed by atoms with Crippen molar-refractivity contribution in [2.45, 2.75) is 26.2 Å². The minimum absolute atomic E-state index is 0.0308. The first kappa shape index (κ1) is 15.4. The van der Waals surface area contributed by atoms with Crippen molar-refractivity contribution >= 4 is 28.3 Å². The Kier molecular flexibility index (Phi) is 4.88. The van der Waals surface area contributed by atoms with E-state index in [0.717, 1.165) is 0 Å². The van der Waals surface area contributed by atoms with Crippen LogP contribution in [0.4, 0.5) is 5.13 Å². The van der Waals surface area contributed by atoms with Gasteiger partial charge in [0.15, 0.2) is 5.13 Å². The second-order valence-electron chi connectivity index (χ2n) is 4.73. The molecule has 0 aliphatic rings. The van der Waals surface area contributed by atoms with Crippen molar-refractivity contribution in [1.29, 1.82) is 0 Å². The van der Waals surface area contributed by atoms with Gasteiger partial charge in [0.1, 0.15) is 5.41 Å². The van der Waals surface area contributed by atoms with Crippen LogP contribution in [0.1, 0.15) is 26.5 Å². The van der Waals surface area contributed by atoms with Crippen molar-refractivity contribution in [1.82, 2.24) is 9.88 Å². The van der Waals surface area contributed by atoms with Gasteiger partial charge < -0.3 is 15.3 Å². The zero-order chi connectivity index (χ0) is 14.6. The number of aliphatic carboxylic acids is 1. The van der Waals surface area contributed by atoms with Gasteiger partial charge in [-0.1, -0.05) is 0 Å². The molecule has 0 unspecified atom stereocenters. The number of nitrogens with zero attached hydrogens (tertiary/aromatic N) is 2. The summed E-state index contributed by atoms with van der Waals surface area (Å²) in [4.78, 5) is 28.5. The average Bonchev–Trinajstić information content (AvgIpc) is 2.84. The summed E-state index contributed by atoms with van der Waals surface area (Å²) in [5.41, 5.74) is -0.538. The van der Waals surface area contributed by atoms with Crippen molar-refractivity contribution in [3.8, 4) is 0 Å². The second-order valence-corrected chi connectivity index (χ2v) is 5.59. The number of likely N-dealkylation sites (N-methyl/N-ethyl adjacent to an activating group) is 1. The van der Waals surface area contributed by atoms with Gasteiger partial charge in [0.05, 0.1) is 12.2 Å². The normalized spacial score (nSPS) is 11.2. The lowest BCUT2D eigenvalue weighted by atomic mass is 9.90. The number of anilines is 1. The number of rotatable bonds is 6. The molecule has 0 aliphatic carbocycles. The highest BCUT2D eigenvalue weighted by molar-refractivity contribution is 7.13. The van der Waals surface area contributed by atoms with E-state index in [1.165, 1.54) is 11.3 Å². The number of hydrogen-bond acceptors (Lipinski definition) is 5. The summed E-state index contributed by atoms with van der Waals surface area (Å²) in [5, 5.41) is 14.3. The Morgan fingerprint density at radius 2 is 2.16 bits per heavy atom. The molecule has 1 rings (SSSR count). The summed E-state index contributed by atoms with van der Waals surface area (Å²) >= 11 is 1.30. The molecule has 6 nitrogen and oxygen atoms in total. The summed E-state index contributed by atoms with van der Waals surface area (Å²) in [7, 11) is 1.73. The van der Waals surface area contributed by atoms with Crippen molar-refractivity contribution in [3.63, 3.8) is 0 Å². The van der Waals surface area contributed by atoms with Crippen molar-refractivity contribution in [3.05, 3.63) is 11.1 Å². The van der Waals surface area contributed by atoms with Crippen LogP contribution in [-0.2, 0) is 15.0 Å². The molecule has 1 aromatic rings. The fourth-order valence-electron chi connectivity index (χ4n) is 1.21. The maximum Gasteiger partial charge on any atom is 0.315 e. The van der Waals surface area contributed by atoms with E-state index in [9.17, 15) is 9.59 Å². The summed E-state index contributed by atoms with van der Waals surface area (Å²) in [6.07, 6.45) is 0. The predicted octanol–water partition coefficient (Wildman–Crippen LogP) is 1.40. The highest BCUT2D eigenvalue weighted by Gasteiger charge is 2.32. The van der Waals surface area contributed by atoms with E-state index in [4.69, 9.17) is 5.11 Å². The van der Waals surface area contributed by atoms with E-state index in [0.29, 0.717) is 17.4 Å². The van der Waals surface area contributed by atoms with Gasteiger partial charge in [0, 0.05) is 19.0 Å². The molecule has 0 bridgehead atoms. The maximum absolute atomic E-state index is 11.6. The maximum atomic E-state index is 11.6. The highest BCUT2D eigenvalue weighted by atomic mass is 32.1. The molecule has 106 valence electrons. The fourth-order valence-corrected chi connectivity index (χ4v) is 2.09. The molecule has 19 heavy (non-hydrogen) atoms. The lowest BCUT2D eigenvalue weighted by molar-refractivity contribution is -0.142. The third-order valence-electron chi connectivity index (χ3n) is 2.97. The van der Waals surface area contributed by atoms with Gasteiger partial charge in [-0.2, -0.15) is 0 Å². The van der Waals surface area contributed by atoms with E-state index in [1.807, 2.05) is 6.92 Å². The van der Waals surface area contributed by atoms with Crippen LogP contribution in [0, 0.1) is 0 Å². The van der Waals surface area contributed by atoms with E-state index in [-0.39, 0.29) is 12.5 Å². The number of thiazole rings is 1. The Hall–Kier alpha value is -1.63. The number of nitrogens with one attached hydrogen (secondary N) is 1. The van der Waals surface area contributed by atoms with Gasteiger partial charge in [-0.05, 0) is 20.8 Å². The molecule has 7 heteroatoms. The molecular weight excluding hydrogens is 266 g/mol. The molecule has 1 heterocycles. The van der Waals surface area contributed by atoms with Crippen molar-refractivity contribution < 1.29 is 14.7 Å². The Morgan fingerprint density at radius 1 is 1.53 bits per heavy atom. The smallest absolute Gasteiger partial charge is 0.315 e. The van der Waals surface area contributed by atoms with Crippen LogP contribution >= 0.6 is 11.3 Å². The van der Waals surface area contributed by atoms with E-state index >= 15 is 0 Å². The van der Waals surface area contributed by atoms with Crippen LogP contribution in [0.2, 0.25) is 0 Å². The summed E-state index contributed by atoms with van der Waals surface area (Å²) in [6, 6.07) is 0.